The molecule has 0 aliphatic heterocycles. The number of nitrogens with two attached hydrogens (primary N) is 1. The molecule has 0 aromatic heterocycles. The Morgan fingerprint density at radius 2 is 2.00 bits per heavy atom. The second kappa shape index (κ2) is 5.14. The maximum Gasteiger partial charge on any atom is 0.550 e. The van der Waals surface area contributed by atoms with E-state index in [1.807, 2.05) is 0 Å². The third-order valence-electron chi connectivity index (χ3n) is 1.34. The van der Waals surface area contributed by atoms with Crippen LogP contribution in [0.5, 0.6) is 0 Å². The van der Waals surface area contributed by atoms with Crippen LogP contribution in [0.2, 0.25) is 0 Å². The summed E-state index contributed by atoms with van der Waals surface area (Å²) in [6, 6.07) is 0. The summed E-state index contributed by atoms with van der Waals surface area (Å²) in [5.41, 5.74) is 5.09. The van der Waals surface area contributed by atoms with Gasteiger partial charge < -0.3 is 20.6 Å². The van der Waals surface area contributed by atoms with E-state index in [2.05, 4.69) is 0 Å². The molecule has 0 heterocycles. The summed E-state index contributed by atoms with van der Waals surface area (Å²) in [6.07, 6.45) is 0.0754. The molecule has 0 spiro atoms. The second-order valence-electron chi connectivity index (χ2n) is 2.23. The molecule has 0 fully saturated rings. The Labute approximate surface area is 71.8 Å². The highest BCUT2D eigenvalue weighted by atomic mass is 31.2. The summed E-state index contributed by atoms with van der Waals surface area (Å²) in [5.74, 6) is 0. The van der Waals surface area contributed by atoms with Gasteiger partial charge in [0.05, 0.1) is 0 Å². The van der Waals surface area contributed by atoms with Crippen molar-refractivity contribution in [1.29, 1.82) is 0 Å². The first-order valence-corrected chi connectivity index (χ1v) is 5.67. The quantitative estimate of drug-likeness (QED) is 0.391. The molecule has 8 heteroatoms. The van der Waals surface area contributed by atoms with Crippen molar-refractivity contribution in [2.75, 3.05) is 6.54 Å². The van der Waals surface area contributed by atoms with Crippen LogP contribution >= 0.6 is 16.4 Å². The van der Waals surface area contributed by atoms with Crippen LogP contribution in [0.3, 0.4) is 0 Å². The molecule has 0 rings (SSSR count). The van der Waals surface area contributed by atoms with Crippen LogP contribution < -0.4 is 5.73 Å². The van der Waals surface area contributed by atoms with Crippen molar-refractivity contribution in [3.05, 3.63) is 0 Å². The summed E-state index contributed by atoms with van der Waals surface area (Å²) in [7, 11) is -5.85. The number of hydrogen-bond acceptors (Lipinski definition) is 5. The Hall–Kier alpha value is 0.330. The van der Waals surface area contributed by atoms with Gasteiger partial charge in [-0.3, -0.25) is 0 Å². The third-order valence-corrected chi connectivity index (χ3v) is 4.09. The number of aliphatic hydroxyl groups is 1. The molecule has 0 saturated heterocycles. The SMILES string of the molecule is NCCCC(O)(P(O)O)[P+](=O)O. The average Bonchev–Trinajstić information content (AvgIpc) is 1.99. The van der Waals surface area contributed by atoms with Gasteiger partial charge in [-0.2, -0.15) is 4.89 Å². The van der Waals surface area contributed by atoms with Gasteiger partial charge in [-0.1, -0.05) is 0 Å². The number of rotatable bonds is 5. The summed E-state index contributed by atoms with van der Waals surface area (Å²) < 4.78 is 10.5. The van der Waals surface area contributed by atoms with E-state index in [0.717, 1.165) is 0 Å². The lowest BCUT2D eigenvalue weighted by Crippen LogP contribution is -2.22. The molecular formula is C4H12NO5P2+. The summed E-state index contributed by atoms with van der Waals surface area (Å²) in [4.78, 5) is 25.9. The fourth-order valence-electron chi connectivity index (χ4n) is 0.611. The van der Waals surface area contributed by atoms with Gasteiger partial charge in [0.25, 0.3) is 8.38 Å². The minimum Gasteiger partial charge on any atom is -0.345 e. The minimum atomic E-state index is -3.02. The zero-order valence-corrected chi connectivity index (χ0v) is 8.08. The molecule has 6 N–H and O–H groups in total. The topological polar surface area (TPSA) is 124 Å². The Morgan fingerprint density at radius 1 is 1.50 bits per heavy atom. The van der Waals surface area contributed by atoms with E-state index >= 15 is 0 Å². The van der Waals surface area contributed by atoms with Gasteiger partial charge in [0.15, 0.2) is 0 Å². The fourth-order valence-corrected chi connectivity index (χ4v) is 1.93. The van der Waals surface area contributed by atoms with Gasteiger partial charge in [-0.15, -0.1) is 0 Å². The second-order valence-corrected chi connectivity index (χ2v) is 5.19. The van der Waals surface area contributed by atoms with E-state index in [1.165, 1.54) is 0 Å². The van der Waals surface area contributed by atoms with Gasteiger partial charge in [0.2, 0.25) is 0 Å². The first-order chi connectivity index (χ1) is 5.45. The molecule has 0 aliphatic rings. The maximum absolute atomic E-state index is 10.5. The van der Waals surface area contributed by atoms with Crippen LogP contribution in [0, 0.1) is 0 Å². The van der Waals surface area contributed by atoms with Crippen LogP contribution in [0.4, 0.5) is 0 Å². The summed E-state index contributed by atoms with van der Waals surface area (Å²) in [6.45, 7) is 0.217. The molecule has 0 saturated carbocycles. The van der Waals surface area contributed by atoms with E-state index < -0.39 is 21.5 Å². The van der Waals surface area contributed by atoms with E-state index in [1.54, 1.807) is 0 Å². The largest absolute Gasteiger partial charge is 0.550 e. The monoisotopic (exact) mass is 216 g/mol. The molecule has 0 radical (unpaired) electrons. The van der Waals surface area contributed by atoms with E-state index in [0.29, 0.717) is 0 Å². The van der Waals surface area contributed by atoms with Crippen molar-refractivity contribution >= 4 is 16.4 Å². The standard InChI is InChI=1S/C4H11NO5P2/c5-3-1-2-4(6,11(7)8)12(9)10/h6-8H,1-3,5H2/p+1. The molecule has 2 unspecified atom stereocenters. The lowest BCUT2D eigenvalue weighted by molar-refractivity contribution is 0.163. The highest BCUT2D eigenvalue weighted by molar-refractivity contribution is 7.62. The molecular weight excluding hydrogens is 204 g/mol. The van der Waals surface area contributed by atoms with Crippen molar-refractivity contribution in [3.63, 3.8) is 0 Å². The first-order valence-electron chi connectivity index (χ1n) is 3.22. The normalized spacial score (nSPS) is 17.7. The number of hydrogen-bond donors (Lipinski definition) is 5. The molecule has 12 heavy (non-hydrogen) atoms. The predicted octanol–water partition coefficient (Wildman–Crippen LogP) is -0.597. The van der Waals surface area contributed by atoms with E-state index in [-0.39, 0.29) is 19.4 Å². The Balaban J connectivity index is 4.29. The van der Waals surface area contributed by atoms with E-state index in [4.69, 9.17) is 20.4 Å². The highest BCUT2D eigenvalue weighted by Crippen LogP contribution is 2.56. The highest BCUT2D eigenvalue weighted by Gasteiger charge is 2.54. The van der Waals surface area contributed by atoms with Crippen molar-refractivity contribution < 1.29 is 24.4 Å². The van der Waals surface area contributed by atoms with Crippen molar-refractivity contribution in [1.82, 2.24) is 0 Å². The minimum absolute atomic E-state index is 0.187. The van der Waals surface area contributed by atoms with Crippen LogP contribution in [0.1, 0.15) is 12.8 Å². The molecule has 0 aliphatic carbocycles. The lowest BCUT2D eigenvalue weighted by atomic mass is 10.3. The predicted molar refractivity (Wildman–Crippen MR) is 44.4 cm³/mol. The first kappa shape index (κ1) is 12.3. The Morgan fingerprint density at radius 3 is 2.25 bits per heavy atom. The van der Waals surface area contributed by atoms with Gasteiger partial charge in [0, 0.05) is 6.42 Å². The zero-order chi connectivity index (χ0) is 9.78. The van der Waals surface area contributed by atoms with Crippen molar-refractivity contribution in [2.45, 2.75) is 17.9 Å². The molecule has 2 atom stereocenters. The smallest absolute Gasteiger partial charge is 0.345 e. The molecule has 0 aromatic carbocycles. The Kier molecular flexibility index (Phi) is 5.29. The van der Waals surface area contributed by atoms with Crippen molar-refractivity contribution in [2.24, 2.45) is 5.73 Å². The summed E-state index contributed by atoms with van der Waals surface area (Å²) >= 11 is 0. The average molecular weight is 216 g/mol. The van der Waals surface area contributed by atoms with Crippen LogP contribution in [-0.2, 0) is 4.57 Å². The third kappa shape index (κ3) is 2.99. The summed E-state index contributed by atoms with van der Waals surface area (Å²) in [5, 5.41) is 6.95. The molecule has 0 amide bonds. The molecule has 6 nitrogen and oxygen atoms in total. The Bertz CT molecular complexity index is 166. The molecule has 0 aromatic rings. The zero-order valence-electron chi connectivity index (χ0n) is 6.29. The lowest BCUT2D eigenvalue weighted by Gasteiger charge is -2.14. The van der Waals surface area contributed by atoms with Crippen LogP contribution in [-0.4, -0.2) is 31.4 Å². The van der Waals surface area contributed by atoms with Gasteiger partial charge in [0.1, 0.15) is 0 Å². The van der Waals surface area contributed by atoms with Gasteiger partial charge in [-0.05, 0) is 17.5 Å². The maximum atomic E-state index is 10.5. The van der Waals surface area contributed by atoms with Gasteiger partial charge in [-0.25, -0.2) is 0 Å². The molecule has 72 valence electrons. The molecule has 0 bridgehead atoms. The van der Waals surface area contributed by atoms with E-state index in [9.17, 15) is 9.67 Å². The fraction of sp³-hybridized carbons (Fsp3) is 1.00. The van der Waals surface area contributed by atoms with Crippen molar-refractivity contribution in [3.8, 4) is 0 Å². The van der Waals surface area contributed by atoms with Crippen LogP contribution in [0.25, 0.3) is 0 Å². The van der Waals surface area contributed by atoms with Gasteiger partial charge >= 0.3 is 13.1 Å². The van der Waals surface area contributed by atoms with Crippen LogP contribution in [0.15, 0.2) is 0 Å².